The molecule has 150 valence electrons. The molecule has 7 heteroatoms. The van der Waals surface area contributed by atoms with Gasteiger partial charge >= 0.3 is 6.09 Å². The van der Waals surface area contributed by atoms with E-state index in [4.69, 9.17) is 21.4 Å². The van der Waals surface area contributed by atoms with Gasteiger partial charge < -0.3 is 14.7 Å². The summed E-state index contributed by atoms with van der Waals surface area (Å²) < 4.78 is 7.49. The highest BCUT2D eigenvalue weighted by Gasteiger charge is 2.31. The first-order chi connectivity index (χ1) is 14.0. The van der Waals surface area contributed by atoms with E-state index in [0.29, 0.717) is 11.6 Å². The minimum absolute atomic E-state index is 0.215. The van der Waals surface area contributed by atoms with Crippen LogP contribution < -0.4 is 4.74 Å². The fourth-order valence-corrected chi connectivity index (χ4v) is 4.11. The summed E-state index contributed by atoms with van der Waals surface area (Å²) in [5, 5.41) is 14.8. The van der Waals surface area contributed by atoms with Crippen molar-refractivity contribution in [1.29, 1.82) is 0 Å². The van der Waals surface area contributed by atoms with Gasteiger partial charge in [-0.3, -0.25) is 0 Å². The Morgan fingerprint density at radius 2 is 1.97 bits per heavy atom. The number of rotatable bonds is 5. The van der Waals surface area contributed by atoms with Crippen LogP contribution in [0.4, 0.5) is 4.79 Å². The third kappa shape index (κ3) is 3.68. The van der Waals surface area contributed by atoms with Crippen molar-refractivity contribution in [2.24, 2.45) is 5.92 Å². The molecule has 1 aliphatic carbocycles. The van der Waals surface area contributed by atoms with E-state index in [1.165, 1.54) is 4.90 Å². The minimum Gasteiger partial charge on any atom is -0.494 e. The second-order valence-corrected chi connectivity index (χ2v) is 7.74. The molecule has 0 saturated heterocycles. The lowest BCUT2D eigenvalue weighted by atomic mass is 10.0. The molecule has 4 rings (SSSR count). The summed E-state index contributed by atoms with van der Waals surface area (Å²) in [4.78, 5) is 12.5. The van der Waals surface area contributed by atoms with Crippen molar-refractivity contribution in [3.8, 4) is 22.7 Å². The molecule has 0 aliphatic heterocycles. The standard InChI is InChI=1S/C22H22ClN3O3/c1-25(22(27)28)13-14-11-17-18(12-14)24-26(19-5-3-4-6-20(19)29-2)21(17)15-7-9-16(23)10-8-15/h3-10,14H,11-13H2,1-2H3,(H,27,28). The largest absolute Gasteiger partial charge is 0.494 e. The van der Waals surface area contributed by atoms with Gasteiger partial charge in [0.25, 0.3) is 0 Å². The molecule has 0 radical (unpaired) electrons. The number of hydrogen-bond donors (Lipinski definition) is 1. The molecule has 0 fully saturated rings. The van der Waals surface area contributed by atoms with Gasteiger partial charge in [0.15, 0.2) is 0 Å². The molecule has 1 heterocycles. The minimum atomic E-state index is -0.911. The van der Waals surface area contributed by atoms with Gasteiger partial charge in [-0.05, 0) is 43.0 Å². The first kappa shape index (κ1) is 19.3. The Bertz CT molecular complexity index is 1050. The topological polar surface area (TPSA) is 67.6 Å². The normalized spacial score (nSPS) is 15.2. The number of fused-ring (bicyclic) bond motifs is 1. The SMILES string of the molecule is COc1ccccc1-n1nc2c(c1-c1ccc(Cl)cc1)CC(CN(C)C(=O)O)C2. The zero-order valence-electron chi connectivity index (χ0n) is 16.3. The smallest absolute Gasteiger partial charge is 0.407 e. The summed E-state index contributed by atoms with van der Waals surface area (Å²) in [7, 11) is 3.25. The Morgan fingerprint density at radius 3 is 2.66 bits per heavy atom. The zero-order chi connectivity index (χ0) is 20.5. The van der Waals surface area contributed by atoms with Crippen LogP contribution in [0.15, 0.2) is 48.5 Å². The van der Waals surface area contributed by atoms with Gasteiger partial charge in [0, 0.05) is 29.7 Å². The summed E-state index contributed by atoms with van der Waals surface area (Å²) in [5.41, 5.74) is 5.04. The van der Waals surface area contributed by atoms with Crippen molar-refractivity contribution >= 4 is 17.7 Å². The van der Waals surface area contributed by atoms with Crippen molar-refractivity contribution in [2.45, 2.75) is 12.8 Å². The third-order valence-corrected chi connectivity index (χ3v) is 5.58. The predicted octanol–water partition coefficient (Wildman–Crippen LogP) is 4.53. The Labute approximate surface area is 174 Å². The molecule has 1 amide bonds. The van der Waals surface area contributed by atoms with Crippen molar-refractivity contribution in [2.75, 3.05) is 20.7 Å². The van der Waals surface area contributed by atoms with E-state index in [0.717, 1.165) is 46.8 Å². The number of ether oxygens (including phenoxy) is 1. The number of carbonyl (C=O) groups is 1. The van der Waals surface area contributed by atoms with Gasteiger partial charge in [-0.25, -0.2) is 9.48 Å². The van der Waals surface area contributed by atoms with Gasteiger partial charge in [0.1, 0.15) is 11.4 Å². The maximum atomic E-state index is 11.2. The first-order valence-electron chi connectivity index (χ1n) is 9.42. The highest BCUT2D eigenvalue weighted by Crippen LogP contribution is 2.38. The lowest BCUT2D eigenvalue weighted by molar-refractivity contribution is 0.149. The maximum Gasteiger partial charge on any atom is 0.407 e. The third-order valence-electron chi connectivity index (χ3n) is 5.33. The number of aromatic nitrogens is 2. The Balaban J connectivity index is 1.79. The summed E-state index contributed by atoms with van der Waals surface area (Å²) >= 11 is 6.10. The van der Waals surface area contributed by atoms with Crippen molar-refractivity contribution < 1.29 is 14.6 Å². The van der Waals surface area contributed by atoms with Crippen LogP contribution in [-0.4, -0.2) is 46.6 Å². The molecule has 0 bridgehead atoms. The van der Waals surface area contributed by atoms with Crippen LogP contribution in [0, 0.1) is 5.92 Å². The molecular formula is C22H22ClN3O3. The highest BCUT2D eigenvalue weighted by molar-refractivity contribution is 6.30. The molecule has 1 aliphatic rings. The van der Waals surface area contributed by atoms with Crippen LogP contribution in [-0.2, 0) is 12.8 Å². The van der Waals surface area contributed by atoms with Crippen LogP contribution in [0.1, 0.15) is 11.3 Å². The monoisotopic (exact) mass is 411 g/mol. The van der Waals surface area contributed by atoms with E-state index in [2.05, 4.69) is 0 Å². The molecule has 6 nitrogen and oxygen atoms in total. The summed E-state index contributed by atoms with van der Waals surface area (Å²) in [6.45, 7) is 0.487. The van der Waals surface area contributed by atoms with E-state index in [1.54, 1.807) is 14.2 Å². The van der Waals surface area contributed by atoms with Crippen LogP contribution in [0.25, 0.3) is 16.9 Å². The molecule has 1 N–H and O–H groups in total. The molecule has 0 spiro atoms. The summed E-state index contributed by atoms with van der Waals surface area (Å²) in [6, 6.07) is 15.5. The number of methoxy groups -OCH3 is 1. The average molecular weight is 412 g/mol. The second-order valence-electron chi connectivity index (χ2n) is 7.30. The first-order valence-corrected chi connectivity index (χ1v) is 9.80. The van der Waals surface area contributed by atoms with E-state index >= 15 is 0 Å². The molecule has 1 aromatic heterocycles. The molecule has 29 heavy (non-hydrogen) atoms. The van der Waals surface area contributed by atoms with Gasteiger partial charge in [0.2, 0.25) is 0 Å². The molecule has 2 aromatic carbocycles. The number of hydrogen-bond acceptors (Lipinski definition) is 3. The van der Waals surface area contributed by atoms with Crippen molar-refractivity contribution in [3.63, 3.8) is 0 Å². The number of benzene rings is 2. The molecule has 3 aromatic rings. The fourth-order valence-electron chi connectivity index (χ4n) is 3.99. The number of carboxylic acid groups (broad SMARTS) is 1. The number of halogens is 1. The second kappa shape index (κ2) is 7.79. The van der Waals surface area contributed by atoms with E-state index < -0.39 is 6.09 Å². The van der Waals surface area contributed by atoms with Gasteiger partial charge in [-0.2, -0.15) is 5.10 Å². The van der Waals surface area contributed by atoms with E-state index in [-0.39, 0.29) is 5.92 Å². The predicted molar refractivity (Wildman–Crippen MR) is 112 cm³/mol. The van der Waals surface area contributed by atoms with Crippen LogP contribution in [0.2, 0.25) is 5.02 Å². The van der Waals surface area contributed by atoms with Gasteiger partial charge in [0.05, 0.1) is 18.5 Å². The van der Waals surface area contributed by atoms with Crippen LogP contribution in [0.3, 0.4) is 0 Å². The van der Waals surface area contributed by atoms with E-state index in [1.807, 2.05) is 53.2 Å². The quantitative estimate of drug-likeness (QED) is 0.670. The number of amides is 1. The number of nitrogens with zero attached hydrogens (tertiary/aromatic N) is 3. The molecule has 1 atom stereocenters. The molecular weight excluding hydrogens is 390 g/mol. The Kier molecular flexibility index (Phi) is 5.20. The van der Waals surface area contributed by atoms with Gasteiger partial charge in [-0.15, -0.1) is 0 Å². The Morgan fingerprint density at radius 1 is 1.24 bits per heavy atom. The van der Waals surface area contributed by atoms with Gasteiger partial charge in [-0.1, -0.05) is 35.9 Å². The lowest BCUT2D eigenvalue weighted by Crippen LogP contribution is -2.30. The molecule has 1 unspecified atom stereocenters. The van der Waals surface area contributed by atoms with Crippen LogP contribution in [0.5, 0.6) is 5.75 Å². The summed E-state index contributed by atoms with van der Waals surface area (Å²) in [5.74, 6) is 0.956. The lowest BCUT2D eigenvalue weighted by Gasteiger charge is -2.19. The maximum absolute atomic E-state index is 11.2. The molecule has 0 saturated carbocycles. The van der Waals surface area contributed by atoms with E-state index in [9.17, 15) is 9.90 Å². The fraction of sp³-hybridized carbons (Fsp3) is 0.273. The zero-order valence-corrected chi connectivity index (χ0v) is 17.1. The highest BCUT2D eigenvalue weighted by atomic mass is 35.5. The summed E-state index contributed by atoms with van der Waals surface area (Å²) in [6.07, 6.45) is 0.613. The number of para-hydroxylation sites is 2. The van der Waals surface area contributed by atoms with Crippen molar-refractivity contribution in [3.05, 3.63) is 64.8 Å². The average Bonchev–Trinajstić information content (AvgIpc) is 3.25. The Hall–Kier alpha value is -2.99. The van der Waals surface area contributed by atoms with Crippen molar-refractivity contribution in [1.82, 2.24) is 14.7 Å². The van der Waals surface area contributed by atoms with Crippen LogP contribution >= 0.6 is 11.6 Å².